The first-order valence-corrected chi connectivity index (χ1v) is 8.12. The van der Waals surface area contributed by atoms with Crippen LogP contribution in [0.3, 0.4) is 0 Å². The van der Waals surface area contributed by atoms with Gasteiger partial charge in [0.1, 0.15) is 11.3 Å². The number of hydroxylamine groups is 2. The molecule has 0 aliphatic carbocycles. The average molecular weight is 352 g/mol. The van der Waals surface area contributed by atoms with Crippen LogP contribution in [0.4, 0.5) is 0 Å². The number of benzene rings is 2. The van der Waals surface area contributed by atoms with Crippen LogP contribution in [0.2, 0.25) is 0 Å². The standard InChI is InChI=1S/C20H20N2O4/c1-21(26-3)20(24)17-13-22(12-14-8-10-15(25-2)11-9-14)18-7-5-4-6-16(18)19(17)23/h4-11,13H,12H2,1-3H3. The summed E-state index contributed by atoms with van der Waals surface area (Å²) in [7, 11) is 4.48. The number of nitrogens with zero attached hydrogens (tertiary/aromatic N) is 2. The molecule has 1 aromatic heterocycles. The number of amides is 1. The van der Waals surface area contributed by atoms with E-state index < -0.39 is 5.91 Å². The van der Waals surface area contributed by atoms with Gasteiger partial charge in [-0.3, -0.25) is 14.4 Å². The molecule has 0 aliphatic heterocycles. The van der Waals surface area contributed by atoms with E-state index in [-0.39, 0.29) is 11.0 Å². The Kier molecular flexibility index (Phi) is 5.04. The van der Waals surface area contributed by atoms with E-state index in [1.54, 1.807) is 25.4 Å². The maximum absolute atomic E-state index is 12.7. The molecule has 0 radical (unpaired) electrons. The van der Waals surface area contributed by atoms with Crippen molar-refractivity contribution in [3.05, 3.63) is 76.1 Å². The van der Waals surface area contributed by atoms with Crippen molar-refractivity contribution in [1.29, 1.82) is 0 Å². The molecule has 0 N–H and O–H groups in total. The first kappa shape index (κ1) is 17.7. The summed E-state index contributed by atoms with van der Waals surface area (Å²) in [6.07, 6.45) is 1.59. The molecule has 0 bridgehead atoms. The van der Waals surface area contributed by atoms with Gasteiger partial charge in [0, 0.05) is 25.2 Å². The number of para-hydroxylation sites is 1. The third kappa shape index (κ3) is 3.32. The summed E-state index contributed by atoms with van der Waals surface area (Å²) in [6.45, 7) is 0.516. The van der Waals surface area contributed by atoms with Crippen LogP contribution in [-0.4, -0.2) is 36.8 Å². The number of rotatable bonds is 5. The fourth-order valence-electron chi connectivity index (χ4n) is 2.81. The predicted molar refractivity (Wildman–Crippen MR) is 99.4 cm³/mol. The molecule has 0 unspecified atom stereocenters. The van der Waals surface area contributed by atoms with Crippen LogP contribution in [0.15, 0.2) is 59.5 Å². The van der Waals surface area contributed by atoms with Crippen LogP contribution in [0.1, 0.15) is 15.9 Å². The molecule has 1 amide bonds. The summed E-state index contributed by atoms with van der Waals surface area (Å²) in [4.78, 5) is 30.2. The Labute approximate surface area is 151 Å². The van der Waals surface area contributed by atoms with Crippen molar-refractivity contribution in [2.75, 3.05) is 21.3 Å². The Hall–Kier alpha value is -3.12. The summed E-state index contributed by atoms with van der Waals surface area (Å²) < 4.78 is 7.08. The predicted octanol–water partition coefficient (Wildman–Crippen LogP) is 2.69. The van der Waals surface area contributed by atoms with Crippen molar-refractivity contribution in [2.45, 2.75) is 6.54 Å². The molecule has 134 valence electrons. The van der Waals surface area contributed by atoms with E-state index in [4.69, 9.17) is 9.57 Å². The topological polar surface area (TPSA) is 60.8 Å². The van der Waals surface area contributed by atoms with E-state index in [9.17, 15) is 9.59 Å². The van der Waals surface area contributed by atoms with Gasteiger partial charge in [-0.05, 0) is 29.8 Å². The third-order valence-corrected chi connectivity index (χ3v) is 4.29. The first-order chi connectivity index (χ1) is 12.5. The van der Waals surface area contributed by atoms with E-state index in [0.717, 1.165) is 21.9 Å². The van der Waals surface area contributed by atoms with Crippen molar-refractivity contribution < 1.29 is 14.4 Å². The zero-order valence-electron chi connectivity index (χ0n) is 14.9. The lowest BCUT2D eigenvalue weighted by Gasteiger charge is -2.17. The lowest BCUT2D eigenvalue weighted by atomic mass is 10.1. The molecular weight excluding hydrogens is 332 g/mol. The average Bonchev–Trinajstić information content (AvgIpc) is 2.69. The lowest BCUT2D eigenvalue weighted by Crippen LogP contribution is -2.31. The SMILES string of the molecule is COc1ccc(Cn2cc(C(=O)N(C)OC)c(=O)c3ccccc32)cc1. The molecule has 0 atom stereocenters. The van der Waals surface area contributed by atoms with Gasteiger partial charge in [0.2, 0.25) is 5.43 Å². The van der Waals surface area contributed by atoms with Crippen LogP contribution >= 0.6 is 0 Å². The van der Waals surface area contributed by atoms with Gasteiger partial charge in [-0.2, -0.15) is 0 Å². The van der Waals surface area contributed by atoms with Crippen molar-refractivity contribution in [2.24, 2.45) is 0 Å². The number of ether oxygens (including phenoxy) is 1. The highest BCUT2D eigenvalue weighted by atomic mass is 16.7. The molecule has 6 heteroatoms. The van der Waals surface area contributed by atoms with Gasteiger partial charge in [-0.25, -0.2) is 5.06 Å². The summed E-state index contributed by atoms with van der Waals surface area (Å²) in [5.74, 6) is 0.294. The third-order valence-electron chi connectivity index (χ3n) is 4.29. The normalized spacial score (nSPS) is 10.7. The molecule has 26 heavy (non-hydrogen) atoms. The van der Waals surface area contributed by atoms with Crippen LogP contribution < -0.4 is 10.2 Å². The number of carbonyl (C=O) groups excluding carboxylic acids is 1. The second-order valence-corrected chi connectivity index (χ2v) is 5.85. The Morgan fingerprint density at radius 2 is 1.77 bits per heavy atom. The van der Waals surface area contributed by atoms with Gasteiger partial charge < -0.3 is 9.30 Å². The van der Waals surface area contributed by atoms with Gasteiger partial charge in [0.05, 0.1) is 19.7 Å². The Morgan fingerprint density at radius 1 is 1.08 bits per heavy atom. The highest BCUT2D eigenvalue weighted by molar-refractivity contribution is 5.96. The maximum atomic E-state index is 12.7. The highest BCUT2D eigenvalue weighted by Crippen LogP contribution is 2.17. The van der Waals surface area contributed by atoms with Gasteiger partial charge in [-0.1, -0.05) is 24.3 Å². The molecule has 0 aliphatic rings. The minimum atomic E-state index is -0.480. The fourth-order valence-corrected chi connectivity index (χ4v) is 2.81. The van der Waals surface area contributed by atoms with E-state index in [0.29, 0.717) is 11.9 Å². The number of aromatic nitrogens is 1. The smallest absolute Gasteiger partial charge is 0.282 e. The summed E-state index contributed by atoms with van der Waals surface area (Å²) in [6, 6.07) is 14.9. The Bertz CT molecular complexity index is 993. The second-order valence-electron chi connectivity index (χ2n) is 5.85. The van der Waals surface area contributed by atoms with Gasteiger partial charge >= 0.3 is 0 Å². The monoisotopic (exact) mass is 352 g/mol. The van der Waals surface area contributed by atoms with Gasteiger partial charge in [0.15, 0.2) is 0 Å². The number of pyridine rings is 1. The Morgan fingerprint density at radius 3 is 2.42 bits per heavy atom. The van der Waals surface area contributed by atoms with Crippen molar-refractivity contribution in [1.82, 2.24) is 9.63 Å². The van der Waals surface area contributed by atoms with Crippen molar-refractivity contribution in [3.63, 3.8) is 0 Å². The highest BCUT2D eigenvalue weighted by Gasteiger charge is 2.18. The fraction of sp³-hybridized carbons (Fsp3) is 0.200. The van der Waals surface area contributed by atoms with Crippen LogP contribution in [0.5, 0.6) is 5.75 Å². The molecule has 1 heterocycles. The van der Waals surface area contributed by atoms with E-state index in [1.165, 1.54) is 14.2 Å². The molecular formula is C20H20N2O4. The second kappa shape index (κ2) is 7.41. The van der Waals surface area contributed by atoms with Crippen molar-refractivity contribution >= 4 is 16.8 Å². The number of hydrogen-bond acceptors (Lipinski definition) is 4. The zero-order valence-corrected chi connectivity index (χ0v) is 14.9. The molecule has 0 fully saturated rings. The summed E-state index contributed by atoms with van der Waals surface area (Å²) in [5.41, 5.74) is 1.56. The van der Waals surface area contributed by atoms with Gasteiger partial charge in [0.25, 0.3) is 5.91 Å². The zero-order chi connectivity index (χ0) is 18.7. The maximum Gasteiger partial charge on any atom is 0.282 e. The summed E-state index contributed by atoms with van der Waals surface area (Å²) >= 11 is 0. The summed E-state index contributed by atoms with van der Waals surface area (Å²) in [5, 5.41) is 1.54. The lowest BCUT2D eigenvalue weighted by molar-refractivity contribution is -0.0758. The minimum Gasteiger partial charge on any atom is -0.497 e. The number of fused-ring (bicyclic) bond motifs is 1. The van der Waals surface area contributed by atoms with Crippen LogP contribution in [-0.2, 0) is 11.4 Å². The molecule has 0 saturated heterocycles. The largest absolute Gasteiger partial charge is 0.497 e. The number of carbonyl (C=O) groups is 1. The molecule has 6 nitrogen and oxygen atoms in total. The van der Waals surface area contributed by atoms with E-state index in [1.807, 2.05) is 41.0 Å². The van der Waals surface area contributed by atoms with E-state index >= 15 is 0 Å². The molecule has 3 aromatic rings. The number of hydrogen-bond donors (Lipinski definition) is 0. The first-order valence-electron chi connectivity index (χ1n) is 8.12. The van der Waals surface area contributed by atoms with E-state index in [2.05, 4.69) is 0 Å². The van der Waals surface area contributed by atoms with Crippen LogP contribution in [0.25, 0.3) is 10.9 Å². The molecule has 3 rings (SSSR count). The van der Waals surface area contributed by atoms with Gasteiger partial charge in [-0.15, -0.1) is 0 Å². The van der Waals surface area contributed by atoms with Crippen LogP contribution in [0, 0.1) is 0 Å². The number of methoxy groups -OCH3 is 1. The molecule has 0 spiro atoms. The minimum absolute atomic E-state index is 0.0709. The quantitative estimate of drug-likeness (QED) is 0.663. The molecule has 0 saturated carbocycles. The Balaban J connectivity index is 2.12. The van der Waals surface area contributed by atoms with Crippen molar-refractivity contribution in [3.8, 4) is 5.75 Å². The molecule has 2 aromatic carbocycles.